The van der Waals surface area contributed by atoms with Crippen LogP contribution in [0.25, 0.3) is 10.2 Å². The van der Waals surface area contributed by atoms with Gasteiger partial charge >= 0.3 is 6.03 Å². The van der Waals surface area contributed by atoms with Gasteiger partial charge in [0.25, 0.3) is 5.91 Å². The number of anilines is 1. The lowest BCUT2D eigenvalue weighted by atomic mass is 10.1. The van der Waals surface area contributed by atoms with Gasteiger partial charge in [-0.05, 0) is 30.0 Å². The van der Waals surface area contributed by atoms with Crippen LogP contribution in [0.15, 0.2) is 29.9 Å². The lowest BCUT2D eigenvalue weighted by Gasteiger charge is -2.22. The number of halogens is 1. The molecular formula is C22H28FN7O2S. The molecule has 1 N–H and O–H groups in total. The summed E-state index contributed by atoms with van der Waals surface area (Å²) in [4.78, 5) is 43.0. The molecule has 0 aromatic carbocycles. The Bertz CT molecular complexity index is 1140. The van der Waals surface area contributed by atoms with Gasteiger partial charge in [-0.2, -0.15) is 0 Å². The summed E-state index contributed by atoms with van der Waals surface area (Å²) in [5.74, 6) is -0.416. The Balaban J connectivity index is 0.00000149. The molecule has 0 bridgehead atoms. The Morgan fingerprint density at radius 2 is 1.91 bits per heavy atom. The molecule has 0 saturated carbocycles. The molecule has 4 rings (SSSR count). The monoisotopic (exact) mass is 473 g/mol. The van der Waals surface area contributed by atoms with Crippen molar-refractivity contribution in [3.8, 4) is 0 Å². The van der Waals surface area contributed by atoms with Gasteiger partial charge in [-0.15, -0.1) is 11.3 Å². The van der Waals surface area contributed by atoms with Gasteiger partial charge in [0, 0.05) is 33.4 Å². The average Bonchev–Trinajstić information content (AvgIpc) is 3.48. The summed E-state index contributed by atoms with van der Waals surface area (Å²) in [5.41, 5.74) is 1.57. The fourth-order valence-corrected chi connectivity index (χ4v) is 4.17. The molecule has 3 amide bonds. The summed E-state index contributed by atoms with van der Waals surface area (Å²) in [5, 5.41) is 4.98. The zero-order chi connectivity index (χ0) is 24.1. The number of pyridine rings is 1. The van der Waals surface area contributed by atoms with E-state index in [0.29, 0.717) is 28.9 Å². The van der Waals surface area contributed by atoms with Gasteiger partial charge in [0.1, 0.15) is 5.82 Å². The van der Waals surface area contributed by atoms with Crippen LogP contribution < -0.4 is 5.32 Å². The third-order valence-electron chi connectivity index (χ3n) is 5.00. The summed E-state index contributed by atoms with van der Waals surface area (Å²) < 4.78 is 14.2. The number of fused-ring (bicyclic) bond motifs is 1. The van der Waals surface area contributed by atoms with E-state index in [0.717, 1.165) is 6.20 Å². The highest BCUT2D eigenvalue weighted by atomic mass is 32.1. The quantitative estimate of drug-likeness (QED) is 0.619. The molecule has 33 heavy (non-hydrogen) atoms. The molecular weight excluding hydrogens is 445 g/mol. The summed E-state index contributed by atoms with van der Waals surface area (Å²) in [6.07, 6.45) is 2.71. The van der Waals surface area contributed by atoms with Crippen molar-refractivity contribution in [2.45, 2.75) is 26.8 Å². The molecule has 3 aromatic rings. The number of nitrogens with zero attached hydrogens (tertiary/aromatic N) is 6. The van der Waals surface area contributed by atoms with Crippen LogP contribution in [-0.2, 0) is 0 Å². The minimum Gasteiger partial charge on any atom is -0.348 e. The first-order valence-corrected chi connectivity index (χ1v) is 11.6. The molecule has 0 spiro atoms. The Kier molecular flexibility index (Phi) is 7.75. The molecule has 3 aromatic heterocycles. The summed E-state index contributed by atoms with van der Waals surface area (Å²) in [6, 6.07) is 2.76. The number of carbonyl (C=O) groups excluding carboxylic acids is 2. The minimum absolute atomic E-state index is 0.140. The number of amides is 3. The molecule has 1 saturated heterocycles. The van der Waals surface area contributed by atoms with Crippen molar-refractivity contribution in [2.75, 3.05) is 39.2 Å². The second-order valence-corrected chi connectivity index (χ2v) is 8.40. The van der Waals surface area contributed by atoms with Gasteiger partial charge in [0.15, 0.2) is 5.69 Å². The van der Waals surface area contributed by atoms with Crippen LogP contribution >= 0.6 is 11.3 Å². The van der Waals surface area contributed by atoms with E-state index in [1.54, 1.807) is 30.1 Å². The molecule has 1 unspecified atom stereocenters. The lowest BCUT2D eigenvalue weighted by Crippen LogP contribution is -2.39. The van der Waals surface area contributed by atoms with Crippen LogP contribution in [0, 0.1) is 5.82 Å². The minimum atomic E-state index is -0.429. The fraction of sp³-hybridized carbons (Fsp3) is 0.409. The normalized spacial score (nSPS) is 14.0. The molecule has 176 valence electrons. The summed E-state index contributed by atoms with van der Waals surface area (Å²) in [6.45, 7) is 6.95. The van der Waals surface area contributed by atoms with Crippen molar-refractivity contribution in [2.24, 2.45) is 0 Å². The second kappa shape index (κ2) is 10.5. The Morgan fingerprint density at radius 1 is 1.18 bits per heavy atom. The fourth-order valence-electron chi connectivity index (χ4n) is 3.36. The van der Waals surface area contributed by atoms with Crippen molar-refractivity contribution in [3.05, 3.63) is 47.0 Å². The van der Waals surface area contributed by atoms with Gasteiger partial charge in [-0.3, -0.25) is 9.78 Å². The van der Waals surface area contributed by atoms with Crippen molar-refractivity contribution in [3.63, 3.8) is 0 Å². The third-order valence-corrected chi connectivity index (χ3v) is 5.91. The van der Waals surface area contributed by atoms with Gasteiger partial charge in [0.05, 0.1) is 29.1 Å². The second-order valence-electron chi connectivity index (χ2n) is 7.48. The molecule has 1 aliphatic heterocycles. The standard InChI is InChI=1S/C20H22FN7O2S.C2H6/c1-12(13-8-14(21)10-22-9-13)23-19-24-15-4-7-31-17(15)16(25-19)18(29)27-5-6-28(11-27)20(30)26(2)3;1-2/h4,7-10,12H,5-6,11H2,1-3H3,(H,23,24,25);1-2H3. The predicted molar refractivity (Wildman–Crippen MR) is 127 cm³/mol. The molecule has 1 aliphatic rings. The maximum absolute atomic E-state index is 13.5. The van der Waals surface area contributed by atoms with Crippen molar-refractivity contribution in [1.82, 2.24) is 29.7 Å². The van der Waals surface area contributed by atoms with Crippen LogP contribution in [0.2, 0.25) is 0 Å². The summed E-state index contributed by atoms with van der Waals surface area (Å²) in [7, 11) is 3.36. The molecule has 1 fully saturated rings. The Morgan fingerprint density at radius 3 is 2.61 bits per heavy atom. The number of carbonyl (C=O) groups is 2. The van der Waals surface area contributed by atoms with Gasteiger partial charge in [-0.25, -0.2) is 19.2 Å². The smallest absolute Gasteiger partial charge is 0.320 e. The van der Waals surface area contributed by atoms with E-state index in [2.05, 4.69) is 20.3 Å². The number of hydrogen-bond donors (Lipinski definition) is 1. The third kappa shape index (κ3) is 5.36. The van der Waals surface area contributed by atoms with Gasteiger partial charge in [-0.1, -0.05) is 13.8 Å². The average molecular weight is 474 g/mol. The predicted octanol–water partition coefficient (Wildman–Crippen LogP) is 3.82. The number of hydrogen-bond acceptors (Lipinski definition) is 7. The highest BCUT2D eigenvalue weighted by Gasteiger charge is 2.31. The lowest BCUT2D eigenvalue weighted by molar-refractivity contribution is 0.0766. The van der Waals surface area contributed by atoms with E-state index in [4.69, 9.17) is 0 Å². The largest absolute Gasteiger partial charge is 0.348 e. The molecule has 9 nitrogen and oxygen atoms in total. The maximum atomic E-state index is 13.5. The molecule has 4 heterocycles. The maximum Gasteiger partial charge on any atom is 0.320 e. The van der Waals surface area contributed by atoms with Crippen LogP contribution in [0.5, 0.6) is 0 Å². The number of rotatable bonds is 4. The van der Waals surface area contributed by atoms with E-state index in [-0.39, 0.29) is 36.3 Å². The van der Waals surface area contributed by atoms with E-state index < -0.39 is 5.82 Å². The van der Waals surface area contributed by atoms with Crippen LogP contribution in [0.3, 0.4) is 0 Å². The number of nitrogens with one attached hydrogen (secondary N) is 1. The molecule has 11 heteroatoms. The van der Waals surface area contributed by atoms with Crippen molar-refractivity contribution < 1.29 is 14.0 Å². The topological polar surface area (TPSA) is 94.6 Å². The number of aromatic nitrogens is 3. The highest BCUT2D eigenvalue weighted by molar-refractivity contribution is 7.17. The molecule has 0 radical (unpaired) electrons. The van der Waals surface area contributed by atoms with Crippen molar-refractivity contribution in [1.29, 1.82) is 0 Å². The Hall–Kier alpha value is -3.34. The van der Waals surface area contributed by atoms with Crippen molar-refractivity contribution >= 4 is 39.4 Å². The first-order chi connectivity index (χ1) is 15.8. The van der Waals surface area contributed by atoms with E-state index in [1.165, 1.54) is 22.3 Å². The van der Waals surface area contributed by atoms with Gasteiger partial charge in [0.2, 0.25) is 5.95 Å². The zero-order valence-corrected chi connectivity index (χ0v) is 20.2. The first-order valence-electron chi connectivity index (χ1n) is 10.7. The van der Waals surface area contributed by atoms with Gasteiger partial charge < -0.3 is 20.0 Å². The Labute approximate surface area is 196 Å². The highest BCUT2D eigenvalue weighted by Crippen LogP contribution is 2.27. The molecule has 1 atom stereocenters. The van der Waals surface area contributed by atoms with Crippen LogP contribution in [0.1, 0.15) is 42.9 Å². The first kappa shape index (κ1) is 24.3. The number of thiophene rings is 1. The zero-order valence-electron chi connectivity index (χ0n) is 19.4. The van der Waals surface area contributed by atoms with E-state index in [1.807, 2.05) is 32.2 Å². The van der Waals surface area contributed by atoms with Crippen LogP contribution in [0.4, 0.5) is 15.1 Å². The number of urea groups is 1. The molecule has 0 aliphatic carbocycles. The SMILES string of the molecule is CC.CC(Nc1nc(C(=O)N2CCN(C(=O)N(C)C)C2)c2sccc2n1)c1cncc(F)c1. The van der Waals surface area contributed by atoms with Crippen LogP contribution in [-0.4, -0.2) is 75.4 Å². The summed E-state index contributed by atoms with van der Waals surface area (Å²) >= 11 is 1.39. The van der Waals surface area contributed by atoms with E-state index >= 15 is 0 Å². The van der Waals surface area contributed by atoms with E-state index in [9.17, 15) is 14.0 Å².